The molecule has 7 heteroatoms. The van der Waals surface area contributed by atoms with Gasteiger partial charge in [-0.1, -0.05) is 25.2 Å². The Labute approximate surface area is 105 Å². The number of hydrogen-bond donors (Lipinski definition) is 1. The Balaban J connectivity index is 2.62. The van der Waals surface area contributed by atoms with Gasteiger partial charge in [-0.15, -0.1) is 13.2 Å². The van der Waals surface area contributed by atoms with E-state index in [4.69, 9.17) is 5.73 Å². The number of alkyl halides is 3. The van der Waals surface area contributed by atoms with E-state index in [0.29, 0.717) is 20.9 Å². The summed E-state index contributed by atoms with van der Waals surface area (Å²) in [5.74, 6) is -0.306. The van der Waals surface area contributed by atoms with Crippen LogP contribution >= 0.6 is 11.3 Å². The first-order chi connectivity index (χ1) is 8.28. The van der Waals surface area contributed by atoms with Gasteiger partial charge in [-0.2, -0.15) is 0 Å². The molecule has 3 nitrogen and oxygen atoms in total. The molecule has 0 atom stereocenters. The number of rotatable bonds is 2. The predicted octanol–water partition coefficient (Wildman–Crippen LogP) is 3.90. The second-order valence-electron chi connectivity index (χ2n) is 4.08. The molecule has 2 aromatic rings. The van der Waals surface area contributed by atoms with Crippen LogP contribution in [-0.4, -0.2) is 11.3 Å². The van der Waals surface area contributed by atoms with E-state index in [1.54, 1.807) is 13.8 Å². The Morgan fingerprint density at radius 1 is 1.33 bits per heavy atom. The van der Waals surface area contributed by atoms with Gasteiger partial charge in [0.05, 0.1) is 10.2 Å². The molecule has 0 unspecified atom stereocenters. The van der Waals surface area contributed by atoms with Crippen molar-refractivity contribution in [1.82, 2.24) is 4.98 Å². The quantitative estimate of drug-likeness (QED) is 0.905. The number of ether oxygens (including phenoxy) is 1. The monoisotopic (exact) mass is 276 g/mol. The Morgan fingerprint density at radius 3 is 2.56 bits per heavy atom. The summed E-state index contributed by atoms with van der Waals surface area (Å²) in [6, 6.07) is 2.76. The van der Waals surface area contributed by atoms with E-state index in [1.165, 1.54) is 23.5 Å². The molecule has 0 bridgehead atoms. The molecular weight excluding hydrogens is 265 g/mol. The smallest absolute Gasteiger partial charge is 0.405 e. The lowest BCUT2D eigenvalue weighted by atomic mass is 10.0. The van der Waals surface area contributed by atoms with Crippen molar-refractivity contribution in [3.63, 3.8) is 0 Å². The van der Waals surface area contributed by atoms with Crippen LogP contribution in [0.2, 0.25) is 0 Å². The number of nitrogens with zero attached hydrogens (tertiary/aromatic N) is 1. The molecule has 0 spiro atoms. The number of nitrogens with two attached hydrogens (primary N) is 1. The van der Waals surface area contributed by atoms with Gasteiger partial charge >= 0.3 is 6.36 Å². The summed E-state index contributed by atoms with van der Waals surface area (Å²) in [7, 11) is 0. The standard InChI is InChI=1S/C11H11F3N2OS/c1-5(2)8-7(17-11(12,13)14)4-3-6-9(8)18-10(15)16-6/h3-5H,1-2H3,(H2,15,16). The van der Waals surface area contributed by atoms with Crippen molar-refractivity contribution in [3.8, 4) is 5.75 Å². The van der Waals surface area contributed by atoms with Gasteiger partial charge in [0.2, 0.25) is 0 Å². The molecule has 0 saturated heterocycles. The van der Waals surface area contributed by atoms with Crippen molar-refractivity contribution in [3.05, 3.63) is 17.7 Å². The summed E-state index contributed by atoms with van der Waals surface area (Å²) >= 11 is 1.17. The summed E-state index contributed by atoms with van der Waals surface area (Å²) in [6.45, 7) is 3.60. The minimum atomic E-state index is -4.70. The molecule has 0 radical (unpaired) electrons. The van der Waals surface area contributed by atoms with Crippen molar-refractivity contribution in [1.29, 1.82) is 0 Å². The minimum absolute atomic E-state index is 0.120. The second-order valence-corrected chi connectivity index (χ2v) is 5.11. The van der Waals surface area contributed by atoms with Crippen molar-refractivity contribution < 1.29 is 17.9 Å². The van der Waals surface area contributed by atoms with Crippen molar-refractivity contribution in [2.45, 2.75) is 26.1 Å². The van der Waals surface area contributed by atoms with Crippen LogP contribution in [0.1, 0.15) is 25.3 Å². The maximum atomic E-state index is 12.3. The van der Waals surface area contributed by atoms with Gasteiger partial charge in [0, 0.05) is 5.56 Å². The fraction of sp³-hybridized carbons (Fsp3) is 0.364. The highest BCUT2D eigenvalue weighted by molar-refractivity contribution is 7.22. The molecule has 0 saturated carbocycles. The first-order valence-corrected chi connectivity index (χ1v) is 6.04. The lowest BCUT2D eigenvalue weighted by molar-refractivity contribution is -0.274. The summed E-state index contributed by atoms with van der Waals surface area (Å²) in [5, 5.41) is 0.330. The van der Waals surface area contributed by atoms with Crippen LogP contribution in [0.3, 0.4) is 0 Å². The van der Waals surface area contributed by atoms with E-state index in [0.717, 1.165) is 0 Å². The van der Waals surface area contributed by atoms with Crippen LogP contribution in [0, 0.1) is 0 Å². The zero-order valence-electron chi connectivity index (χ0n) is 9.71. The molecule has 0 aliphatic rings. The first-order valence-electron chi connectivity index (χ1n) is 5.22. The molecule has 1 aromatic carbocycles. The molecule has 1 heterocycles. The molecule has 1 aromatic heterocycles. The minimum Gasteiger partial charge on any atom is -0.405 e. The number of nitrogen functional groups attached to an aromatic ring is 1. The van der Waals surface area contributed by atoms with E-state index in [2.05, 4.69) is 9.72 Å². The van der Waals surface area contributed by atoms with Gasteiger partial charge in [-0.05, 0) is 18.1 Å². The number of fused-ring (bicyclic) bond motifs is 1. The fourth-order valence-electron chi connectivity index (χ4n) is 1.77. The van der Waals surface area contributed by atoms with Gasteiger partial charge in [-0.25, -0.2) is 4.98 Å². The number of thiazole rings is 1. The molecule has 2 N–H and O–H groups in total. The third-order valence-corrected chi connectivity index (χ3v) is 3.31. The predicted molar refractivity (Wildman–Crippen MR) is 64.8 cm³/mol. The van der Waals surface area contributed by atoms with Gasteiger partial charge in [0.15, 0.2) is 5.13 Å². The number of benzene rings is 1. The second kappa shape index (κ2) is 4.31. The Bertz CT molecular complexity index is 577. The van der Waals surface area contributed by atoms with Gasteiger partial charge < -0.3 is 10.5 Å². The maximum Gasteiger partial charge on any atom is 0.573 e. The fourth-order valence-corrected chi connectivity index (χ4v) is 2.79. The Kier molecular flexibility index (Phi) is 3.10. The summed E-state index contributed by atoms with van der Waals surface area (Å²) in [5.41, 5.74) is 6.66. The highest BCUT2D eigenvalue weighted by Gasteiger charge is 2.33. The van der Waals surface area contributed by atoms with Crippen LogP contribution < -0.4 is 10.5 Å². The van der Waals surface area contributed by atoms with Crippen molar-refractivity contribution in [2.24, 2.45) is 0 Å². The summed E-state index contributed by atoms with van der Waals surface area (Å²) in [4.78, 5) is 4.05. The summed E-state index contributed by atoms with van der Waals surface area (Å²) in [6.07, 6.45) is -4.70. The van der Waals surface area contributed by atoms with Gasteiger partial charge in [-0.3, -0.25) is 0 Å². The third kappa shape index (κ3) is 2.50. The Morgan fingerprint density at radius 2 is 2.00 bits per heavy atom. The molecular formula is C11H11F3N2OS. The largest absolute Gasteiger partial charge is 0.573 e. The summed E-state index contributed by atoms with van der Waals surface area (Å²) < 4.78 is 41.7. The first kappa shape index (κ1) is 12.9. The van der Waals surface area contributed by atoms with E-state index in [-0.39, 0.29) is 11.7 Å². The topological polar surface area (TPSA) is 48.1 Å². The lowest BCUT2D eigenvalue weighted by Crippen LogP contribution is -2.18. The number of aromatic nitrogens is 1. The average molecular weight is 276 g/mol. The van der Waals surface area contributed by atoms with Crippen LogP contribution in [-0.2, 0) is 0 Å². The molecule has 0 aliphatic heterocycles. The molecule has 0 fully saturated rings. The van der Waals surface area contributed by atoms with E-state index < -0.39 is 6.36 Å². The number of anilines is 1. The van der Waals surface area contributed by atoms with Crippen LogP contribution in [0.4, 0.5) is 18.3 Å². The molecule has 2 rings (SSSR count). The molecule has 0 amide bonds. The van der Waals surface area contributed by atoms with Crippen LogP contribution in [0.5, 0.6) is 5.75 Å². The zero-order valence-corrected chi connectivity index (χ0v) is 10.5. The highest BCUT2D eigenvalue weighted by atomic mass is 32.1. The molecule has 0 aliphatic carbocycles. The number of hydrogen-bond acceptors (Lipinski definition) is 4. The maximum absolute atomic E-state index is 12.3. The highest BCUT2D eigenvalue weighted by Crippen LogP contribution is 2.39. The molecule has 98 valence electrons. The van der Waals surface area contributed by atoms with Crippen molar-refractivity contribution >= 4 is 26.7 Å². The zero-order chi connectivity index (χ0) is 13.5. The average Bonchev–Trinajstić information content (AvgIpc) is 2.54. The van der Waals surface area contributed by atoms with Gasteiger partial charge in [0.25, 0.3) is 0 Å². The van der Waals surface area contributed by atoms with E-state index in [1.807, 2.05) is 0 Å². The van der Waals surface area contributed by atoms with E-state index >= 15 is 0 Å². The van der Waals surface area contributed by atoms with Crippen molar-refractivity contribution in [2.75, 3.05) is 5.73 Å². The van der Waals surface area contributed by atoms with Crippen LogP contribution in [0.15, 0.2) is 12.1 Å². The van der Waals surface area contributed by atoms with Gasteiger partial charge in [0.1, 0.15) is 5.75 Å². The SMILES string of the molecule is CC(C)c1c(OC(F)(F)F)ccc2nc(N)sc12. The Hall–Kier alpha value is -1.50. The number of halogens is 3. The third-order valence-electron chi connectivity index (χ3n) is 2.38. The van der Waals surface area contributed by atoms with E-state index in [9.17, 15) is 13.2 Å². The lowest BCUT2D eigenvalue weighted by Gasteiger charge is -2.15. The molecule has 18 heavy (non-hydrogen) atoms. The van der Waals surface area contributed by atoms with Crippen LogP contribution in [0.25, 0.3) is 10.2 Å². The normalized spacial score (nSPS) is 12.3.